The molecule has 1 saturated heterocycles. The highest BCUT2D eigenvalue weighted by Crippen LogP contribution is 2.26. The van der Waals surface area contributed by atoms with Crippen LogP contribution < -0.4 is 10.2 Å². The van der Waals surface area contributed by atoms with Crippen molar-refractivity contribution in [2.24, 2.45) is 0 Å². The maximum absolute atomic E-state index is 12.8. The number of benzene rings is 1. The third-order valence-electron chi connectivity index (χ3n) is 5.40. The number of nitrogens with one attached hydrogen (secondary N) is 1. The SMILES string of the molecule is C[C@H]1CN(c2ncccc2Cl)CCN1C(=O)Nc1ccc(C2=CCOCC2)cc1. The van der Waals surface area contributed by atoms with Crippen LogP contribution in [-0.2, 0) is 4.74 Å². The highest BCUT2D eigenvalue weighted by molar-refractivity contribution is 6.32. The zero-order valence-electron chi connectivity index (χ0n) is 16.5. The van der Waals surface area contributed by atoms with Crippen molar-refractivity contribution in [2.75, 3.05) is 43.1 Å². The fourth-order valence-corrected chi connectivity index (χ4v) is 4.05. The van der Waals surface area contributed by atoms with Crippen LogP contribution in [-0.4, -0.2) is 54.8 Å². The lowest BCUT2D eigenvalue weighted by Crippen LogP contribution is -2.55. The van der Waals surface area contributed by atoms with Gasteiger partial charge in [0.05, 0.1) is 18.2 Å². The molecular formula is C22H25ClN4O2. The standard InChI is InChI=1S/C22H25ClN4O2/c1-16-15-26(21-20(23)3-2-10-24-21)11-12-27(16)22(28)25-19-6-4-17(5-7-19)18-8-13-29-14-9-18/h2-8,10,16H,9,11-15H2,1H3,(H,25,28)/t16-/m0/s1. The molecule has 6 nitrogen and oxygen atoms in total. The predicted octanol–water partition coefficient (Wildman–Crippen LogP) is 4.28. The fourth-order valence-electron chi connectivity index (χ4n) is 3.81. The summed E-state index contributed by atoms with van der Waals surface area (Å²) in [6.45, 7) is 5.48. The summed E-state index contributed by atoms with van der Waals surface area (Å²) >= 11 is 6.27. The summed E-state index contributed by atoms with van der Waals surface area (Å²) in [5.74, 6) is 0.777. The summed E-state index contributed by atoms with van der Waals surface area (Å²) in [5.41, 5.74) is 3.28. The number of piperazine rings is 1. The van der Waals surface area contributed by atoms with Crippen molar-refractivity contribution in [1.29, 1.82) is 0 Å². The summed E-state index contributed by atoms with van der Waals surface area (Å²) in [6.07, 6.45) is 4.78. The number of hydrogen-bond donors (Lipinski definition) is 1. The quantitative estimate of drug-likeness (QED) is 0.817. The first-order valence-corrected chi connectivity index (χ1v) is 10.3. The molecule has 152 valence electrons. The van der Waals surface area contributed by atoms with E-state index < -0.39 is 0 Å². The Morgan fingerprint density at radius 2 is 2.07 bits per heavy atom. The van der Waals surface area contributed by atoms with Gasteiger partial charge in [0.1, 0.15) is 5.82 Å². The van der Waals surface area contributed by atoms with Gasteiger partial charge in [0.2, 0.25) is 0 Å². The van der Waals surface area contributed by atoms with E-state index in [2.05, 4.69) is 33.4 Å². The van der Waals surface area contributed by atoms with Gasteiger partial charge in [-0.2, -0.15) is 0 Å². The first kappa shape index (κ1) is 19.7. The van der Waals surface area contributed by atoms with Gasteiger partial charge in [0.25, 0.3) is 0 Å². The van der Waals surface area contributed by atoms with Crippen LogP contribution in [0.3, 0.4) is 0 Å². The number of amides is 2. The van der Waals surface area contributed by atoms with Crippen molar-refractivity contribution >= 4 is 34.7 Å². The van der Waals surface area contributed by atoms with Crippen LogP contribution in [0.4, 0.5) is 16.3 Å². The lowest BCUT2D eigenvalue weighted by molar-refractivity contribution is 0.161. The number of carbonyl (C=O) groups excluding carboxylic acids is 1. The molecule has 7 heteroatoms. The Hall–Kier alpha value is -2.57. The summed E-state index contributed by atoms with van der Waals surface area (Å²) in [6, 6.07) is 11.7. The molecular weight excluding hydrogens is 388 g/mol. The number of hydrogen-bond acceptors (Lipinski definition) is 4. The zero-order valence-corrected chi connectivity index (χ0v) is 17.2. The van der Waals surface area contributed by atoms with E-state index >= 15 is 0 Å². The highest BCUT2D eigenvalue weighted by atomic mass is 35.5. The average molecular weight is 413 g/mol. The van der Waals surface area contributed by atoms with Gasteiger partial charge >= 0.3 is 6.03 Å². The molecule has 2 amide bonds. The van der Waals surface area contributed by atoms with E-state index in [1.807, 2.05) is 36.1 Å². The molecule has 29 heavy (non-hydrogen) atoms. The highest BCUT2D eigenvalue weighted by Gasteiger charge is 2.28. The van der Waals surface area contributed by atoms with Crippen molar-refractivity contribution in [1.82, 2.24) is 9.88 Å². The molecule has 0 bridgehead atoms. The van der Waals surface area contributed by atoms with E-state index in [1.54, 1.807) is 6.20 Å². The molecule has 0 radical (unpaired) electrons. The van der Waals surface area contributed by atoms with Crippen LogP contribution in [0.25, 0.3) is 5.57 Å². The Labute approximate surface area is 176 Å². The number of pyridine rings is 1. The lowest BCUT2D eigenvalue weighted by Gasteiger charge is -2.40. The molecule has 2 aliphatic rings. The molecule has 0 spiro atoms. The molecule has 4 rings (SSSR count). The number of ether oxygens (including phenoxy) is 1. The Bertz CT molecular complexity index is 900. The minimum Gasteiger partial charge on any atom is -0.377 e. The number of halogens is 1. The Morgan fingerprint density at radius 1 is 1.24 bits per heavy atom. The van der Waals surface area contributed by atoms with Crippen molar-refractivity contribution < 1.29 is 9.53 Å². The van der Waals surface area contributed by atoms with Gasteiger partial charge in [-0.15, -0.1) is 0 Å². The molecule has 1 aromatic carbocycles. The number of nitrogens with zero attached hydrogens (tertiary/aromatic N) is 3. The van der Waals surface area contributed by atoms with Crippen molar-refractivity contribution in [3.63, 3.8) is 0 Å². The van der Waals surface area contributed by atoms with Crippen LogP contribution in [0.15, 0.2) is 48.7 Å². The molecule has 2 aromatic rings. The minimum absolute atomic E-state index is 0.0495. The van der Waals surface area contributed by atoms with Crippen LogP contribution >= 0.6 is 11.6 Å². The monoisotopic (exact) mass is 412 g/mol. The topological polar surface area (TPSA) is 57.7 Å². The van der Waals surface area contributed by atoms with E-state index in [1.165, 1.54) is 11.1 Å². The van der Waals surface area contributed by atoms with Crippen molar-refractivity contribution in [3.05, 3.63) is 59.3 Å². The first-order chi connectivity index (χ1) is 14.1. The smallest absolute Gasteiger partial charge is 0.322 e. The molecule has 0 saturated carbocycles. The van der Waals surface area contributed by atoms with Gasteiger partial charge in [-0.05, 0) is 48.7 Å². The molecule has 1 aromatic heterocycles. The maximum atomic E-state index is 12.8. The second-order valence-electron chi connectivity index (χ2n) is 7.36. The normalized spacial score (nSPS) is 19.7. The predicted molar refractivity (Wildman–Crippen MR) is 117 cm³/mol. The lowest BCUT2D eigenvalue weighted by atomic mass is 10.0. The molecule has 3 heterocycles. The van der Waals surface area contributed by atoms with Gasteiger partial charge in [-0.25, -0.2) is 9.78 Å². The van der Waals surface area contributed by atoms with Crippen molar-refractivity contribution in [3.8, 4) is 0 Å². The van der Waals surface area contributed by atoms with E-state index in [4.69, 9.17) is 16.3 Å². The van der Waals surface area contributed by atoms with Gasteiger partial charge in [0, 0.05) is 37.6 Å². The third kappa shape index (κ3) is 4.54. The third-order valence-corrected chi connectivity index (χ3v) is 5.69. The Kier molecular flexibility index (Phi) is 6.02. The van der Waals surface area contributed by atoms with Gasteiger partial charge in [0.15, 0.2) is 0 Å². The summed E-state index contributed by atoms with van der Waals surface area (Å²) in [7, 11) is 0. The largest absolute Gasteiger partial charge is 0.377 e. The molecule has 1 N–H and O–H groups in total. The van der Waals surface area contributed by atoms with E-state index in [0.29, 0.717) is 31.3 Å². The first-order valence-electron chi connectivity index (χ1n) is 9.92. The fraction of sp³-hybridized carbons (Fsp3) is 0.364. The molecule has 2 aliphatic heterocycles. The Balaban J connectivity index is 1.36. The van der Waals surface area contributed by atoms with E-state index in [-0.39, 0.29) is 12.1 Å². The average Bonchev–Trinajstić information content (AvgIpc) is 2.75. The minimum atomic E-state index is -0.0812. The second-order valence-corrected chi connectivity index (χ2v) is 7.77. The van der Waals surface area contributed by atoms with Crippen LogP contribution in [0.5, 0.6) is 0 Å². The van der Waals surface area contributed by atoms with Crippen LogP contribution in [0.1, 0.15) is 18.9 Å². The maximum Gasteiger partial charge on any atom is 0.322 e. The summed E-state index contributed by atoms with van der Waals surface area (Å²) < 4.78 is 5.36. The molecule has 0 unspecified atom stereocenters. The van der Waals surface area contributed by atoms with Crippen LogP contribution in [0, 0.1) is 0 Å². The van der Waals surface area contributed by atoms with Crippen molar-refractivity contribution in [2.45, 2.75) is 19.4 Å². The molecule has 1 fully saturated rings. The summed E-state index contributed by atoms with van der Waals surface area (Å²) in [5, 5.41) is 3.66. The zero-order chi connectivity index (χ0) is 20.2. The number of carbonyl (C=O) groups is 1. The van der Waals surface area contributed by atoms with E-state index in [0.717, 1.165) is 24.5 Å². The molecule has 1 atom stereocenters. The van der Waals surface area contributed by atoms with Gasteiger partial charge < -0.3 is 19.9 Å². The van der Waals surface area contributed by atoms with Gasteiger partial charge in [-0.1, -0.05) is 29.8 Å². The number of anilines is 2. The Morgan fingerprint density at radius 3 is 2.76 bits per heavy atom. The van der Waals surface area contributed by atoms with E-state index in [9.17, 15) is 4.79 Å². The second kappa shape index (κ2) is 8.84. The molecule has 0 aliphatic carbocycles. The summed E-state index contributed by atoms with van der Waals surface area (Å²) in [4.78, 5) is 21.2. The van der Waals surface area contributed by atoms with Crippen LogP contribution in [0.2, 0.25) is 5.02 Å². The number of rotatable bonds is 3. The number of urea groups is 1. The van der Waals surface area contributed by atoms with Gasteiger partial charge in [-0.3, -0.25) is 0 Å². The number of aromatic nitrogens is 1.